The number of hydrogen-bond acceptors (Lipinski definition) is 4. The first-order valence-corrected chi connectivity index (χ1v) is 8.01. The second-order valence-corrected chi connectivity index (χ2v) is 6.12. The molecular formula is C16H15FN4OS. The number of nitrogens with zero attached hydrogens (tertiary/aromatic N) is 3. The standard InChI is InChI=1S/C16H15FN4OS/c1-21(16(22)10-23-12-4-6-18-7-5-12)9-15-19-13-3-2-11(17)8-14(13)20-15/h2-8H,9-10H2,1H3,(H,19,20). The molecule has 23 heavy (non-hydrogen) atoms. The van der Waals surface area contributed by atoms with E-state index in [1.165, 1.54) is 23.9 Å². The average molecular weight is 330 g/mol. The number of hydrogen-bond donors (Lipinski definition) is 1. The number of carbonyl (C=O) groups excluding carboxylic acids is 1. The van der Waals surface area contributed by atoms with Gasteiger partial charge in [0, 0.05) is 24.3 Å². The van der Waals surface area contributed by atoms with Crippen molar-refractivity contribution in [2.24, 2.45) is 0 Å². The fourth-order valence-corrected chi connectivity index (χ4v) is 2.94. The molecule has 2 aromatic heterocycles. The summed E-state index contributed by atoms with van der Waals surface area (Å²) in [5.74, 6) is 0.662. The summed E-state index contributed by atoms with van der Waals surface area (Å²) in [6.45, 7) is 0.353. The van der Waals surface area contributed by atoms with Crippen LogP contribution in [0, 0.1) is 5.82 Å². The van der Waals surface area contributed by atoms with Gasteiger partial charge in [-0.1, -0.05) is 0 Å². The predicted octanol–water partition coefficient (Wildman–Crippen LogP) is 2.85. The Bertz CT molecular complexity index is 821. The smallest absolute Gasteiger partial charge is 0.233 e. The molecule has 0 spiro atoms. The van der Waals surface area contributed by atoms with Gasteiger partial charge in [0.25, 0.3) is 0 Å². The number of H-pyrrole nitrogens is 1. The minimum Gasteiger partial charge on any atom is -0.340 e. The van der Waals surface area contributed by atoms with Gasteiger partial charge in [-0.15, -0.1) is 11.8 Å². The number of fused-ring (bicyclic) bond motifs is 1. The van der Waals surface area contributed by atoms with Gasteiger partial charge in [0.2, 0.25) is 5.91 Å². The van der Waals surface area contributed by atoms with Crippen molar-refractivity contribution in [3.63, 3.8) is 0 Å². The van der Waals surface area contributed by atoms with Crippen molar-refractivity contribution in [1.29, 1.82) is 0 Å². The minimum absolute atomic E-state index is 0.00144. The van der Waals surface area contributed by atoms with Gasteiger partial charge in [0.15, 0.2) is 0 Å². The number of pyridine rings is 1. The predicted molar refractivity (Wildman–Crippen MR) is 87.5 cm³/mol. The molecule has 0 saturated heterocycles. The van der Waals surface area contributed by atoms with Crippen molar-refractivity contribution < 1.29 is 9.18 Å². The zero-order chi connectivity index (χ0) is 16.2. The number of aromatic nitrogens is 3. The van der Waals surface area contributed by atoms with Crippen LogP contribution in [-0.4, -0.2) is 38.6 Å². The van der Waals surface area contributed by atoms with Crippen LogP contribution >= 0.6 is 11.8 Å². The molecule has 1 amide bonds. The van der Waals surface area contributed by atoms with Crippen LogP contribution in [0.5, 0.6) is 0 Å². The second-order valence-electron chi connectivity index (χ2n) is 5.07. The van der Waals surface area contributed by atoms with Gasteiger partial charge in [0.1, 0.15) is 11.6 Å². The van der Waals surface area contributed by atoms with Crippen LogP contribution in [0.15, 0.2) is 47.6 Å². The molecule has 0 bridgehead atoms. The summed E-state index contributed by atoms with van der Waals surface area (Å²) < 4.78 is 13.2. The van der Waals surface area contributed by atoms with Gasteiger partial charge < -0.3 is 9.88 Å². The molecule has 5 nitrogen and oxygen atoms in total. The summed E-state index contributed by atoms with van der Waals surface area (Å²) in [4.78, 5) is 26.1. The number of amides is 1. The van der Waals surface area contributed by atoms with Crippen molar-refractivity contribution in [1.82, 2.24) is 19.9 Å². The lowest BCUT2D eigenvalue weighted by Crippen LogP contribution is -2.28. The van der Waals surface area contributed by atoms with Crippen LogP contribution in [0.2, 0.25) is 0 Å². The molecule has 0 unspecified atom stereocenters. The summed E-state index contributed by atoms with van der Waals surface area (Å²) >= 11 is 1.46. The monoisotopic (exact) mass is 330 g/mol. The molecule has 0 aliphatic heterocycles. The number of imidazole rings is 1. The average Bonchev–Trinajstić information content (AvgIpc) is 2.94. The highest BCUT2D eigenvalue weighted by Crippen LogP contribution is 2.17. The Morgan fingerprint density at radius 3 is 2.87 bits per heavy atom. The van der Waals surface area contributed by atoms with Crippen LogP contribution in [0.4, 0.5) is 4.39 Å². The van der Waals surface area contributed by atoms with E-state index in [9.17, 15) is 9.18 Å². The van der Waals surface area contributed by atoms with E-state index in [0.29, 0.717) is 29.2 Å². The van der Waals surface area contributed by atoms with Crippen LogP contribution in [0.1, 0.15) is 5.82 Å². The van der Waals surface area contributed by atoms with E-state index < -0.39 is 0 Å². The molecule has 3 aromatic rings. The Kier molecular flexibility index (Phi) is 4.57. The van der Waals surface area contributed by atoms with E-state index in [1.54, 1.807) is 30.4 Å². The summed E-state index contributed by atoms with van der Waals surface area (Å²) in [5, 5.41) is 0. The van der Waals surface area contributed by atoms with E-state index in [0.717, 1.165) is 4.90 Å². The van der Waals surface area contributed by atoms with Gasteiger partial charge in [0.05, 0.1) is 23.3 Å². The van der Waals surface area contributed by atoms with E-state index in [2.05, 4.69) is 15.0 Å². The Morgan fingerprint density at radius 2 is 2.09 bits per heavy atom. The van der Waals surface area contributed by atoms with E-state index in [-0.39, 0.29) is 11.7 Å². The van der Waals surface area contributed by atoms with Crippen molar-refractivity contribution in [3.8, 4) is 0 Å². The van der Waals surface area contributed by atoms with Crippen molar-refractivity contribution in [2.45, 2.75) is 11.4 Å². The summed E-state index contributed by atoms with van der Waals surface area (Å²) in [6, 6.07) is 8.11. The highest BCUT2D eigenvalue weighted by molar-refractivity contribution is 8.00. The summed E-state index contributed by atoms with van der Waals surface area (Å²) in [6.07, 6.45) is 3.40. The molecule has 7 heteroatoms. The van der Waals surface area contributed by atoms with Crippen molar-refractivity contribution in [3.05, 3.63) is 54.4 Å². The Hall–Kier alpha value is -2.41. The molecule has 0 radical (unpaired) electrons. The zero-order valence-corrected chi connectivity index (χ0v) is 13.3. The summed E-state index contributed by atoms with van der Waals surface area (Å²) in [7, 11) is 1.73. The summed E-state index contributed by atoms with van der Waals surface area (Å²) in [5.41, 5.74) is 1.32. The fraction of sp³-hybridized carbons (Fsp3) is 0.188. The third-order valence-electron chi connectivity index (χ3n) is 3.32. The quantitative estimate of drug-likeness (QED) is 0.731. The second kappa shape index (κ2) is 6.78. The molecule has 0 aliphatic rings. The normalized spacial score (nSPS) is 10.9. The lowest BCUT2D eigenvalue weighted by molar-refractivity contribution is -0.127. The van der Waals surface area contributed by atoms with Crippen molar-refractivity contribution >= 4 is 28.7 Å². The molecule has 3 rings (SSSR count). The fourth-order valence-electron chi connectivity index (χ4n) is 2.11. The number of halogens is 1. The van der Waals surface area contributed by atoms with Crippen LogP contribution in [0.25, 0.3) is 11.0 Å². The Morgan fingerprint density at radius 1 is 1.30 bits per heavy atom. The number of nitrogens with one attached hydrogen (secondary N) is 1. The maximum absolute atomic E-state index is 13.2. The highest BCUT2D eigenvalue weighted by atomic mass is 32.2. The molecule has 0 saturated carbocycles. The SMILES string of the molecule is CN(Cc1nc2ccc(F)cc2[nH]1)C(=O)CSc1ccncc1. The Balaban J connectivity index is 1.60. The molecule has 0 aliphatic carbocycles. The molecule has 2 heterocycles. The first kappa shape index (κ1) is 15.5. The van der Waals surface area contributed by atoms with Gasteiger partial charge in [-0.3, -0.25) is 9.78 Å². The van der Waals surface area contributed by atoms with Crippen LogP contribution in [0.3, 0.4) is 0 Å². The zero-order valence-electron chi connectivity index (χ0n) is 12.5. The maximum Gasteiger partial charge on any atom is 0.233 e. The van der Waals surface area contributed by atoms with Gasteiger partial charge in [-0.25, -0.2) is 9.37 Å². The van der Waals surface area contributed by atoms with E-state index >= 15 is 0 Å². The third kappa shape index (κ3) is 3.87. The molecule has 118 valence electrons. The maximum atomic E-state index is 13.2. The first-order chi connectivity index (χ1) is 11.1. The number of carbonyl (C=O) groups is 1. The van der Waals surface area contributed by atoms with Gasteiger partial charge in [-0.2, -0.15) is 0 Å². The van der Waals surface area contributed by atoms with Gasteiger partial charge >= 0.3 is 0 Å². The molecule has 0 fully saturated rings. The third-order valence-corrected chi connectivity index (χ3v) is 4.31. The molecule has 1 N–H and O–H groups in total. The minimum atomic E-state index is -0.314. The van der Waals surface area contributed by atoms with Crippen LogP contribution < -0.4 is 0 Å². The number of thioether (sulfide) groups is 1. The highest BCUT2D eigenvalue weighted by Gasteiger charge is 2.12. The molecule has 0 atom stereocenters. The largest absolute Gasteiger partial charge is 0.340 e. The molecular weight excluding hydrogens is 315 g/mol. The molecule has 1 aromatic carbocycles. The lowest BCUT2D eigenvalue weighted by Gasteiger charge is -2.15. The Labute approximate surface area is 136 Å². The first-order valence-electron chi connectivity index (χ1n) is 7.03. The number of rotatable bonds is 5. The number of benzene rings is 1. The number of aromatic amines is 1. The van der Waals surface area contributed by atoms with E-state index in [1.807, 2.05) is 12.1 Å². The van der Waals surface area contributed by atoms with Crippen LogP contribution in [-0.2, 0) is 11.3 Å². The van der Waals surface area contributed by atoms with Crippen molar-refractivity contribution in [2.75, 3.05) is 12.8 Å². The topological polar surface area (TPSA) is 61.9 Å². The van der Waals surface area contributed by atoms with E-state index in [4.69, 9.17) is 0 Å². The van der Waals surface area contributed by atoms with Gasteiger partial charge in [-0.05, 0) is 30.3 Å². The lowest BCUT2D eigenvalue weighted by atomic mass is 10.3.